The highest BCUT2D eigenvalue weighted by molar-refractivity contribution is 5.89. The van der Waals surface area contributed by atoms with Crippen LogP contribution in [0.3, 0.4) is 0 Å². The third-order valence-corrected chi connectivity index (χ3v) is 2.85. The minimum absolute atomic E-state index is 0.119. The molecule has 0 spiro atoms. The molecule has 0 radical (unpaired) electrons. The van der Waals surface area contributed by atoms with Gasteiger partial charge in [0.25, 0.3) is 0 Å². The number of piperidine rings is 1. The average molecular weight is 257 g/mol. The summed E-state index contributed by atoms with van der Waals surface area (Å²) in [5.74, 6) is -1.90. The molecule has 1 rings (SSSR count). The van der Waals surface area contributed by atoms with Gasteiger partial charge in [0.2, 0.25) is 11.8 Å². The van der Waals surface area contributed by atoms with Crippen LogP contribution in [0.5, 0.6) is 0 Å². The van der Waals surface area contributed by atoms with Crippen molar-refractivity contribution in [2.24, 2.45) is 5.73 Å². The SMILES string of the molecule is NC(CC(=O)O)C(=O)NCC(=O)N1CCCCC1. The molecule has 7 nitrogen and oxygen atoms in total. The number of nitrogens with two attached hydrogens (primary N) is 1. The van der Waals surface area contributed by atoms with Crippen LogP contribution >= 0.6 is 0 Å². The van der Waals surface area contributed by atoms with Gasteiger partial charge in [-0.2, -0.15) is 0 Å². The Kier molecular flexibility index (Phi) is 5.57. The fourth-order valence-electron chi connectivity index (χ4n) is 1.83. The first-order chi connectivity index (χ1) is 8.50. The lowest BCUT2D eigenvalue weighted by Gasteiger charge is -2.26. The molecule has 4 N–H and O–H groups in total. The lowest BCUT2D eigenvalue weighted by Crippen LogP contribution is -2.47. The summed E-state index contributed by atoms with van der Waals surface area (Å²) in [4.78, 5) is 35.2. The molecule has 0 saturated carbocycles. The number of hydrogen-bond donors (Lipinski definition) is 3. The van der Waals surface area contributed by atoms with E-state index in [2.05, 4.69) is 5.32 Å². The summed E-state index contributed by atoms with van der Waals surface area (Å²) in [6.07, 6.45) is 2.65. The molecule has 1 heterocycles. The van der Waals surface area contributed by atoms with E-state index in [1.54, 1.807) is 4.90 Å². The van der Waals surface area contributed by atoms with Crippen molar-refractivity contribution in [3.8, 4) is 0 Å². The van der Waals surface area contributed by atoms with Crippen molar-refractivity contribution in [2.45, 2.75) is 31.7 Å². The van der Waals surface area contributed by atoms with E-state index in [1.807, 2.05) is 0 Å². The minimum Gasteiger partial charge on any atom is -0.481 e. The van der Waals surface area contributed by atoms with Crippen molar-refractivity contribution < 1.29 is 19.5 Å². The Morgan fingerprint density at radius 3 is 2.39 bits per heavy atom. The van der Waals surface area contributed by atoms with Crippen LogP contribution in [0.4, 0.5) is 0 Å². The van der Waals surface area contributed by atoms with Crippen LogP contribution in [0.25, 0.3) is 0 Å². The largest absolute Gasteiger partial charge is 0.481 e. The molecule has 0 aromatic rings. The Balaban J connectivity index is 2.28. The molecule has 1 unspecified atom stereocenters. The van der Waals surface area contributed by atoms with E-state index in [4.69, 9.17) is 10.8 Å². The fraction of sp³-hybridized carbons (Fsp3) is 0.727. The quantitative estimate of drug-likeness (QED) is 0.579. The molecule has 7 heteroatoms. The van der Waals surface area contributed by atoms with Crippen LogP contribution < -0.4 is 11.1 Å². The Hall–Kier alpha value is -1.63. The van der Waals surface area contributed by atoms with Gasteiger partial charge in [0, 0.05) is 13.1 Å². The van der Waals surface area contributed by atoms with E-state index in [0.29, 0.717) is 0 Å². The van der Waals surface area contributed by atoms with Crippen LogP contribution in [-0.2, 0) is 14.4 Å². The number of carbonyl (C=O) groups is 3. The second-order valence-electron chi connectivity index (χ2n) is 4.36. The molecule has 0 aliphatic carbocycles. The zero-order chi connectivity index (χ0) is 13.5. The van der Waals surface area contributed by atoms with Crippen LogP contribution in [-0.4, -0.2) is 53.5 Å². The van der Waals surface area contributed by atoms with E-state index in [0.717, 1.165) is 32.4 Å². The van der Waals surface area contributed by atoms with Gasteiger partial charge >= 0.3 is 5.97 Å². The number of nitrogens with zero attached hydrogens (tertiary/aromatic N) is 1. The molecule has 0 bridgehead atoms. The molecule has 1 atom stereocenters. The monoisotopic (exact) mass is 257 g/mol. The summed E-state index contributed by atoms with van der Waals surface area (Å²) in [6, 6.07) is -1.11. The first kappa shape index (κ1) is 14.4. The van der Waals surface area contributed by atoms with Gasteiger partial charge in [-0.15, -0.1) is 0 Å². The van der Waals surface area contributed by atoms with Gasteiger partial charge in [-0.1, -0.05) is 0 Å². The van der Waals surface area contributed by atoms with E-state index >= 15 is 0 Å². The number of amides is 2. The number of rotatable bonds is 5. The molecule has 1 aliphatic heterocycles. The molecule has 18 heavy (non-hydrogen) atoms. The van der Waals surface area contributed by atoms with Crippen molar-refractivity contribution in [1.29, 1.82) is 0 Å². The predicted molar refractivity (Wildman–Crippen MR) is 63.7 cm³/mol. The van der Waals surface area contributed by atoms with Crippen LogP contribution in [0, 0.1) is 0 Å². The molecule has 0 aromatic heterocycles. The predicted octanol–water partition coefficient (Wildman–Crippen LogP) is -1.08. The van der Waals surface area contributed by atoms with Crippen molar-refractivity contribution in [1.82, 2.24) is 10.2 Å². The molecule has 2 amide bonds. The number of hydrogen-bond acceptors (Lipinski definition) is 4. The van der Waals surface area contributed by atoms with Crippen LogP contribution in [0.2, 0.25) is 0 Å². The lowest BCUT2D eigenvalue weighted by molar-refractivity contribution is -0.139. The Morgan fingerprint density at radius 2 is 1.83 bits per heavy atom. The molecule has 1 fully saturated rings. The molecule has 0 aromatic carbocycles. The number of carboxylic acid groups (broad SMARTS) is 1. The maximum absolute atomic E-state index is 11.7. The molecular weight excluding hydrogens is 238 g/mol. The summed E-state index contributed by atoms with van der Waals surface area (Å²) in [6.45, 7) is 1.32. The van der Waals surface area contributed by atoms with Gasteiger partial charge in [0.1, 0.15) is 0 Å². The van der Waals surface area contributed by atoms with E-state index in [-0.39, 0.29) is 12.5 Å². The Morgan fingerprint density at radius 1 is 1.22 bits per heavy atom. The first-order valence-corrected chi connectivity index (χ1v) is 6.03. The Labute approximate surface area is 105 Å². The van der Waals surface area contributed by atoms with Crippen LogP contribution in [0.1, 0.15) is 25.7 Å². The smallest absolute Gasteiger partial charge is 0.305 e. The number of nitrogens with one attached hydrogen (secondary N) is 1. The third kappa shape index (κ3) is 4.70. The second kappa shape index (κ2) is 6.95. The standard InChI is InChI=1S/C11H19N3O4/c12-8(6-10(16)17)11(18)13-7-9(15)14-4-2-1-3-5-14/h8H,1-7,12H2,(H,13,18)(H,16,17). The second-order valence-corrected chi connectivity index (χ2v) is 4.36. The number of likely N-dealkylation sites (tertiary alicyclic amines) is 1. The highest BCUT2D eigenvalue weighted by atomic mass is 16.4. The van der Waals surface area contributed by atoms with Gasteiger partial charge in [0.15, 0.2) is 0 Å². The zero-order valence-corrected chi connectivity index (χ0v) is 10.2. The van der Waals surface area contributed by atoms with Gasteiger partial charge in [-0.25, -0.2) is 0 Å². The fourth-order valence-corrected chi connectivity index (χ4v) is 1.83. The average Bonchev–Trinajstić information content (AvgIpc) is 2.35. The summed E-state index contributed by atoms with van der Waals surface area (Å²) in [7, 11) is 0. The summed E-state index contributed by atoms with van der Waals surface area (Å²) < 4.78 is 0. The normalized spacial score (nSPS) is 17.1. The van der Waals surface area contributed by atoms with E-state index in [9.17, 15) is 14.4 Å². The highest BCUT2D eigenvalue weighted by Gasteiger charge is 2.20. The van der Waals surface area contributed by atoms with Gasteiger partial charge < -0.3 is 21.1 Å². The molecule has 1 aliphatic rings. The van der Waals surface area contributed by atoms with Crippen molar-refractivity contribution in [3.05, 3.63) is 0 Å². The van der Waals surface area contributed by atoms with Crippen molar-refractivity contribution >= 4 is 17.8 Å². The molecule has 102 valence electrons. The summed E-state index contributed by atoms with van der Waals surface area (Å²) in [5, 5.41) is 10.8. The number of carbonyl (C=O) groups excluding carboxylic acids is 2. The number of aliphatic carboxylic acids is 1. The lowest BCUT2D eigenvalue weighted by atomic mass is 10.1. The van der Waals surface area contributed by atoms with Gasteiger partial charge in [0.05, 0.1) is 19.0 Å². The summed E-state index contributed by atoms with van der Waals surface area (Å²) in [5.41, 5.74) is 5.37. The van der Waals surface area contributed by atoms with E-state index < -0.39 is 24.3 Å². The number of carboxylic acids is 1. The third-order valence-electron chi connectivity index (χ3n) is 2.85. The maximum Gasteiger partial charge on any atom is 0.305 e. The molecule has 1 saturated heterocycles. The Bertz CT molecular complexity index is 326. The summed E-state index contributed by atoms with van der Waals surface area (Å²) >= 11 is 0. The van der Waals surface area contributed by atoms with E-state index in [1.165, 1.54) is 0 Å². The minimum atomic E-state index is -1.14. The van der Waals surface area contributed by atoms with Crippen molar-refractivity contribution in [2.75, 3.05) is 19.6 Å². The first-order valence-electron chi connectivity index (χ1n) is 6.03. The zero-order valence-electron chi connectivity index (χ0n) is 10.2. The van der Waals surface area contributed by atoms with Crippen molar-refractivity contribution in [3.63, 3.8) is 0 Å². The van der Waals surface area contributed by atoms with Crippen LogP contribution in [0.15, 0.2) is 0 Å². The van der Waals surface area contributed by atoms with Gasteiger partial charge in [-0.05, 0) is 19.3 Å². The topological polar surface area (TPSA) is 113 Å². The molecular formula is C11H19N3O4. The highest BCUT2D eigenvalue weighted by Crippen LogP contribution is 2.08. The van der Waals surface area contributed by atoms with Gasteiger partial charge in [-0.3, -0.25) is 14.4 Å². The maximum atomic E-state index is 11.7.